The van der Waals surface area contributed by atoms with E-state index < -0.39 is 10.9 Å². The Balaban J connectivity index is 2.47. The van der Waals surface area contributed by atoms with Crippen LogP contribution in [0.15, 0.2) is 42.5 Å². The predicted octanol–water partition coefficient (Wildman–Crippen LogP) is 3.39. The minimum absolute atomic E-state index is 0.00519. The van der Waals surface area contributed by atoms with Crippen molar-refractivity contribution in [2.24, 2.45) is 0 Å². The van der Waals surface area contributed by atoms with Crippen molar-refractivity contribution in [3.05, 3.63) is 63.7 Å². The number of aromatic carboxylic acids is 1. The van der Waals surface area contributed by atoms with Crippen LogP contribution < -0.4 is 4.74 Å². The molecule has 0 bridgehead atoms. The van der Waals surface area contributed by atoms with E-state index in [4.69, 9.17) is 9.84 Å². The van der Waals surface area contributed by atoms with Crippen LogP contribution in [0.25, 0.3) is 0 Å². The fourth-order valence-electron chi connectivity index (χ4n) is 1.70. The van der Waals surface area contributed by atoms with E-state index in [2.05, 4.69) is 0 Å². The van der Waals surface area contributed by atoms with Gasteiger partial charge in [-0.3, -0.25) is 10.1 Å². The summed E-state index contributed by atoms with van der Waals surface area (Å²) in [6.07, 6.45) is 0. The molecule has 0 saturated carbocycles. The number of nitrogens with zero attached hydrogens (tertiary/aromatic N) is 1. The van der Waals surface area contributed by atoms with Crippen molar-refractivity contribution in [2.45, 2.75) is 6.92 Å². The zero-order valence-corrected chi connectivity index (χ0v) is 10.6. The Labute approximate surface area is 114 Å². The molecular weight excluding hydrogens is 262 g/mol. The molecule has 0 saturated heterocycles. The molecule has 2 aromatic carbocycles. The van der Waals surface area contributed by atoms with E-state index in [1.54, 1.807) is 19.1 Å². The van der Waals surface area contributed by atoms with E-state index in [9.17, 15) is 14.9 Å². The van der Waals surface area contributed by atoms with Crippen LogP contribution in [0, 0.1) is 17.0 Å². The SMILES string of the molecule is Cc1ccc(C(=O)O)c(Oc2ccccc2[N+](=O)[O-])c1. The Kier molecular flexibility index (Phi) is 3.65. The van der Waals surface area contributed by atoms with Crippen LogP contribution in [0.1, 0.15) is 15.9 Å². The molecule has 0 fully saturated rings. The molecule has 0 aliphatic carbocycles. The lowest BCUT2D eigenvalue weighted by molar-refractivity contribution is -0.385. The second-order valence-corrected chi connectivity index (χ2v) is 4.13. The van der Waals surface area contributed by atoms with Crippen LogP contribution >= 0.6 is 0 Å². The molecule has 102 valence electrons. The van der Waals surface area contributed by atoms with E-state index >= 15 is 0 Å². The number of hydrogen-bond donors (Lipinski definition) is 1. The molecule has 20 heavy (non-hydrogen) atoms. The summed E-state index contributed by atoms with van der Waals surface area (Å²) in [5.74, 6) is -1.07. The number of hydrogen-bond acceptors (Lipinski definition) is 4. The number of rotatable bonds is 4. The Morgan fingerprint density at radius 1 is 1.20 bits per heavy atom. The van der Waals surface area contributed by atoms with Crippen LogP contribution in [0.5, 0.6) is 11.5 Å². The maximum absolute atomic E-state index is 11.1. The van der Waals surface area contributed by atoms with Gasteiger partial charge in [0.1, 0.15) is 11.3 Å². The van der Waals surface area contributed by atoms with Crippen LogP contribution in [0.3, 0.4) is 0 Å². The van der Waals surface area contributed by atoms with Crippen LogP contribution in [-0.4, -0.2) is 16.0 Å². The van der Waals surface area contributed by atoms with Gasteiger partial charge in [0.05, 0.1) is 4.92 Å². The molecule has 0 aliphatic rings. The second kappa shape index (κ2) is 5.40. The van der Waals surface area contributed by atoms with Crippen molar-refractivity contribution >= 4 is 11.7 Å². The van der Waals surface area contributed by atoms with Crippen molar-refractivity contribution in [2.75, 3.05) is 0 Å². The monoisotopic (exact) mass is 273 g/mol. The highest BCUT2D eigenvalue weighted by atomic mass is 16.6. The fraction of sp³-hybridized carbons (Fsp3) is 0.0714. The van der Waals surface area contributed by atoms with Crippen LogP contribution in [0.2, 0.25) is 0 Å². The maximum Gasteiger partial charge on any atom is 0.339 e. The maximum atomic E-state index is 11.1. The van der Waals surface area contributed by atoms with E-state index in [1.165, 1.54) is 30.3 Å². The summed E-state index contributed by atoms with van der Waals surface area (Å²) < 4.78 is 5.42. The third-order valence-electron chi connectivity index (χ3n) is 2.65. The lowest BCUT2D eigenvalue weighted by Crippen LogP contribution is -2.01. The van der Waals surface area contributed by atoms with Gasteiger partial charge in [-0.1, -0.05) is 18.2 Å². The average Bonchev–Trinajstić information content (AvgIpc) is 2.38. The number of carboxylic acids is 1. The second-order valence-electron chi connectivity index (χ2n) is 4.13. The smallest absolute Gasteiger partial charge is 0.339 e. The first kappa shape index (κ1) is 13.5. The fourth-order valence-corrected chi connectivity index (χ4v) is 1.70. The Hall–Kier alpha value is -2.89. The molecule has 2 aromatic rings. The summed E-state index contributed by atoms with van der Waals surface area (Å²) >= 11 is 0. The number of nitro benzene ring substituents is 1. The first-order valence-corrected chi connectivity index (χ1v) is 5.74. The van der Waals surface area contributed by atoms with Gasteiger partial charge in [-0.2, -0.15) is 0 Å². The summed E-state index contributed by atoms with van der Waals surface area (Å²) in [6, 6.07) is 10.4. The van der Waals surface area contributed by atoms with Gasteiger partial charge in [0, 0.05) is 6.07 Å². The largest absolute Gasteiger partial charge is 0.478 e. The van der Waals surface area contributed by atoms with Gasteiger partial charge >= 0.3 is 11.7 Å². The highest BCUT2D eigenvalue weighted by Crippen LogP contribution is 2.33. The van der Waals surface area contributed by atoms with Gasteiger partial charge in [-0.15, -0.1) is 0 Å². The predicted molar refractivity (Wildman–Crippen MR) is 71.3 cm³/mol. The van der Waals surface area contributed by atoms with E-state index in [0.29, 0.717) is 0 Å². The normalized spacial score (nSPS) is 10.1. The third-order valence-corrected chi connectivity index (χ3v) is 2.65. The number of benzene rings is 2. The molecule has 0 heterocycles. The lowest BCUT2D eigenvalue weighted by atomic mass is 10.1. The van der Waals surface area contributed by atoms with Gasteiger partial charge in [0.15, 0.2) is 0 Å². The van der Waals surface area contributed by atoms with E-state index in [-0.39, 0.29) is 22.7 Å². The Morgan fingerprint density at radius 2 is 1.90 bits per heavy atom. The molecule has 1 N–H and O–H groups in total. The molecule has 0 atom stereocenters. The molecule has 0 spiro atoms. The number of nitro groups is 1. The molecular formula is C14H11NO5. The number of para-hydroxylation sites is 2. The first-order chi connectivity index (χ1) is 9.49. The van der Waals surface area contributed by atoms with Crippen molar-refractivity contribution in [3.8, 4) is 11.5 Å². The van der Waals surface area contributed by atoms with Gasteiger partial charge in [0.2, 0.25) is 5.75 Å². The first-order valence-electron chi connectivity index (χ1n) is 5.74. The summed E-state index contributed by atoms with van der Waals surface area (Å²) in [7, 11) is 0. The highest BCUT2D eigenvalue weighted by Gasteiger charge is 2.18. The van der Waals surface area contributed by atoms with Crippen molar-refractivity contribution in [1.29, 1.82) is 0 Å². The van der Waals surface area contributed by atoms with E-state index in [0.717, 1.165) is 5.56 Å². The standard InChI is InChI=1S/C14H11NO5/c1-9-6-7-10(14(16)17)13(8-9)20-12-5-3-2-4-11(12)15(18)19/h2-8H,1H3,(H,16,17). The quantitative estimate of drug-likeness (QED) is 0.681. The lowest BCUT2D eigenvalue weighted by Gasteiger charge is -2.09. The number of carbonyl (C=O) groups is 1. The molecule has 6 nitrogen and oxygen atoms in total. The van der Waals surface area contributed by atoms with Gasteiger partial charge in [-0.25, -0.2) is 4.79 Å². The van der Waals surface area contributed by atoms with Gasteiger partial charge in [-0.05, 0) is 30.7 Å². The minimum Gasteiger partial charge on any atom is -0.478 e. The van der Waals surface area contributed by atoms with Crippen LogP contribution in [-0.2, 0) is 0 Å². The Morgan fingerprint density at radius 3 is 2.55 bits per heavy atom. The molecule has 0 radical (unpaired) electrons. The number of aryl methyl sites for hydroxylation is 1. The summed E-state index contributed by atoms with van der Waals surface area (Å²) in [5.41, 5.74) is 0.530. The van der Waals surface area contributed by atoms with Gasteiger partial charge < -0.3 is 9.84 Å². The van der Waals surface area contributed by atoms with E-state index in [1.807, 2.05) is 0 Å². The molecule has 2 rings (SSSR count). The number of ether oxygens (including phenoxy) is 1. The third kappa shape index (κ3) is 2.74. The van der Waals surface area contributed by atoms with Gasteiger partial charge in [0.25, 0.3) is 0 Å². The zero-order valence-electron chi connectivity index (χ0n) is 10.6. The molecule has 0 unspecified atom stereocenters. The Bertz CT molecular complexity index is 681. The summed E-state index contributed by atoms with van der Waals surface area (Å²) in [4.78, 5) is 21.5. The molecule has 0 amide bonds. The topological polar surface area (TPSA) is 89.7 Å². The van der Waals surface area contributed by atoms with Crippen molar-refractivity contribution in [1.82, 2.24) is 0 Å². The highest BCUT2D eigenvalue weighted by molar-refractivity contribution is 5.91. The molecule has 0 aliphatic heterocycles. The van der Waals surface area contributed by atoms with Crippen molar-refractivity contribution in [3.63, 3.8) is 0 Å². The summed E-state index contributed by atoms with van der Waals surface area (Å²) in [5, 5.41) is 20.0. The number of carboxylic acid groups (broad SMARTS) is 1. The zero-order chi connectivity index (χ0) is 14.7. The minimum atomic E-state index is -1.15. The van der Waals surface area contributed by atoms with Crippen molar-refractivity contribution < 1.29 is 19.6 Å². The van der Waals surface area contributed by atoms with Crippen LogP contribution in [0.4, 0.5) is 5.69 Å². The molecule has 0 aromatic heterocycles. The summed E-state index contributed by atoms with van der Waals surface area (Å²) in [6.45, 7) is 1.78. The molecule has 6 heteroatoms. The average molecular weight is 273 g/mol.